The normalized spacial score (nSPS) is 15.5. The van der Waals surface area contributed by atoms with Gasteiger partial charge in [0.15, 0.2) is 42.8 Å². The molecule has 3 aromatic rings. The molecule has 1 saturated carbocycles. The highest BCUT2D eigenvalue weighted by Crippen LogP contribution is 2.30. The van der Waals surface area contributed by atoms with Crippen molar-refractivity contribution in [2.24, 2.45) is 18.1 Å². The highest BCUT2D eigenvalue weighted by atomic mass is 35.5. The zero-order valence-electron chi connectivity index (χ0n) is 25.2. The Morgan fingerprint density at radius 3 is 2.09 bits per heavy atom. The Balaban J connectivity index is 0.000000212. The number of sulfone groups is 2. The number of halogens is 1. The van der Waals surface area contributed by atoms with Gasteiger partial charge in [-0.3, -0.25) is 19.2 Å². The zero-order valence-corrected chi connectivity index (χ0v) is 27.6. The van der Waals surface area contributed by atoms with Gasteiger partial charge in [-0.1, -0.05) is 16.8 Å². The summed E-state index contributed by atoms with van der Waals surface area (Å²) in [5, 5.41) is 17.7. The average molecular weight is 692 g/mol. The summed E-state index contributed by atoms with van der Waals surface area (Å²) < 4.78 is 48.3. The summed E-state index contributed by atoms with van der Waals surface area (Å²) in [5.74, 6) is -3.46. The smallest absolute Gasteiger partial charge is 0.220 e. The van der Waals surface area contributed by atoms with Gasteiger partial charge in [-0.2, -0.15) is 5.10 Å². The maximum absolute atomic E-state index is 12.8. The Morgan fingerprint density at radius 2 is 1.59 bits per heavy atom. The molecule has 0 amide bonds. The molecule has 1 N–H and O–H groups in total. The van der Waals surface area contributed by atoms with Crippen LogP contribution in [0.15, 0.2) is 51.5 Å². The Labute approximate surface area is 270 Å². The van der Waals surface area contributed by atoms with Crippen LogP contribution < -0.4 is 0 Å². The van der Waals surface area contributed by atoms with E-state index in [0.717, 1.165) is 18.6 Å². The van der Waals surface area contributed by atoms with Crippen LogP contribution in [0.2, 0.25) is 5.02 Å². The molecule has 0 radical (unpaired) electrons. The van der Waals surface area contributed by atoms with E-state index >= 15 is 0 Å². The monoisotopic (exact) mass is 691 g/mol. The number of carbonyl (C=O) groups is 4. The molecule has 1 aromatic heterocycles. The average Bonchev–Trinajstić information content (AvgIpc) is 3.61. The molecule has 16 heteroatoms. The molecule has 1 fully saturated rings. The third-order valence-corrected chi connectivity index (χ3v) is 10.1. The van der Waals surface area contributed by atoms with Crippen molar-refractivity contribution in [2.75, 3.05) is 19.1 Å². The lowest BCUT2D eigenvalue weighted by Crippen LogP contribution is -2.35. The summed E-state index contributed by atoms with van der Waals surface area (Å²) in [7, 11) is -5.45. The van der Waals surface area contributed by atoms with E-state index in [0.29, 0.717) is 36.3 Å². The Kier molecular flexibility index (Phi) is 9.99. The predicted molar refractivity (Wildman–Crippen MR) is 166 cm³/mol. The van der Waals surface area contributed by atoms with E-state index in [1.165, 1.54) is 42.2 Å². The van der Waals surface area contributed by atoms with Crippen molar-refractivity contribution < 1.29 is 46.0 Å². The number of aromatic nitrogens is 2. The molecule has 0 saturated heterocycles. The first-order valence-electron chi connectivity index (χ1n) is 13.8. The molecule has 2 aromatic carbocycles. The molecule has 1 aliphatic carbocycles. The standard InChI is InChI=1S/C16H17N3O5S.C14H13ClO5S/c1-9-10(15(20)11-8-17-19(2)16(11)21)4-5-13(25(3,22)23)14(9)12-6-7-24-18-12;1-21(19,20)8-5-6-9(10(15)7-8)14(18)13-11(16)3-2-4-12(13)17/h4-5,8,21H,6-7H2,1-3H3;5-7,13H,2-4H2,1H3. The molecule has 0 unspecified atom stereocenters. The number of hydrogen-bond acceptors (Lipinski definition) is 12. The molecule has 0 bridgehead atoms. The highest BCUT2D eigenvalue weighted by Gasteiger charge is 2.37. The van der Waals surface area contributed by atoms with Crippen LogP contribution in [0.4, 0.5) is 0 Å². The fourth-order valence-electron chi connectivity index (χ4n) is 5.10. The predicted octanol–water partition coefficient (Wildman–Crippen LogP) is 3.06. The van der Waals surface area contributed by atoms with Crippen molar-refractivity contribution in [1.82, 2.24) is 9.78 Å². The van der Waals surface area contributed by atoms with Gasteiger partial charge >= 0.3 is 0 Å². The number of ketones is 4. The number of rotatable bonds is 7. The Bertz CT molecular complexity index is 2020. The van der Waals surface area contributed by atoms with E-state index in [1.807, 2.05) is 0 Å². The van der Waals surface area contributed by atoms with Gasteiger partial charge in [-0.25, -0.2) is 21.5 Å². The van der Waals surface area contributed by atoms with Crippen LogP contribution in [-0.2, 0) is 41.1 Å². The van der Waals surface area contributed by atoms with Gasteiger partial charge in [0, 0.05) is 55.5 Å². The van der Waals surface area contributed by atoms with Crippen LogP contribution in [0, 0.1) is 12.8 Å². The molecule has 244 valence electrons. The van der Waals surface area contributed by atoms with Crippen molar-refractivity contribution in [3.63, 3.8) is 0 Å². The third kappa shape index (κ3) is 7.11. The second kappa shape index (κ2) is 13.3. The zero-order chi connectivity index (χ0) is 34.1. The summed E-state index contributed by atoms with van der Waals surface area (Å²) >= 11 is 5.94. The van der Waals surface area contributed by atoms with Gasteiger partial charge in [-0.05, 0) is 49.2 Å². The lowest BCUT2D eigenvalue weighted by Gasteiger charge is -2.18. The lowest BCUT2D eigenvalue weighted by atomic mass is 9.82. The molecule has 0 spiro atoms. The maximum atomic E-state index is 12.8. The number of Topliss-reactive ketones (excluding diaryl/α,β-unsaturated/α-hetero) is 3. The Morgan fingerprint density at radius 1 is 0.957 bits per heavy atom. The maximum Gasteiger partial charge on any atom is 0.220 e. The van der Waals surface area contributed by atoms with E-state index in [-0.39, 0.29) is 50.2 Å². The number of hydrogen-bond donors (Lipinski definition) is 1. The van der Waals surface area contributed by atoms with Gasteiger partial charge in [0.1, 0.15) is 18.1 Å². The molecule has 46 heavy (non-hydrogen) atoms. The summed E-state index contributed by atoms with van der Waals surface area (Å²) in [6.45, 7) is 2.02. The molecule has 1 aliphatic heterocycles. The van der Waals surface area contributed by atoms with Gasteiger partial charge < -0.3 is 9.94 Å². The van der Waals surface area contributed by atoms with Gasteiger partial charge in [0.25, 0.3) is 0 Å². The van der Waals surface area contributed by atoms with E-state index < -0.39 is 48.7 Å². The van der Waals surface area contributed by atoms with Crippen molar-refractivity contribution in [1.29, 1.82) is 0 Å². The summed E-state index contributed by atoms with van der Waals surface area (Å²) in [6.07, 6.45) is 4.71. The summed E-state index contributed by atoms with van der Waals surface area (Å²) in [6, 6.07) is 6.48. The van der Waals surface area contributed by atoms with E-state index in [4.69, 9.17) is 16.4 Å². The van der Waals surface area contributed by atoms with Crippen LogP contribution in [0.3, 0.4) is 0 Å². The minimum atomic E-state index is -3.52. The topological polar surface area (TPSA) is 196 Å². The molecule has 0 atom stereocenters. The minimum absolute atomic E-state index is 0.00216. The Hall–Kier alpha value is -4.21. The fourth-order valence-corrected chi connectivity index (χ4v) is 7.04. The van der Waals surface area contributed by atoms with Crippen LogP contribution in [-0.4, -0.2) is 79.7 Å². The van der Waals surface area contributed by atoms with E-state index in [9.17, 15) is 41.1 Å². The first-order chi connectivity index (χ1) is 21.4. The van der Waals surface area contributed by atoms with Gasteiger partial charge in [0.2, 0.25) is 5.88 Å². The molecule has 13 nitrogen and oxygen atoms in total. The summed E-state index contributed by atoms with van der Waals surface area (Å²) in [5.41, 5.74) is 1.67. The highest BCUT2D eigenvalue weighted by molar-refractivity contribution is 7.91. The number of carbonyl (C=O) groups excluding carboxylic acids is 4. The second-order valence-electron chi connectivity index (χ2n) is 10.8. The van der Waals surface area contributed by atoms with Crippen LogP contribution in [0.5, 0.6) is 5.88 Å². The molecular formula is C30H30ClN3O10S2. The quantitative estimate of drug-likeness (QED) is 0.282. The SMILES string of the molecule is CS(=O)(=O)c1ccc(C(=O)C2C(=O)CCCC2=O)c(Cl)c1.Cc1c(C(=O)c2cnn(C)c2O)ccc(S(C)(=O)=O)c1C1=NOCC1. The van der Waals surface area contributed by atoms with Crippen LogP contribution in [0.25, 0.3) is 0 Å². The number of nitrogens with zero attached hydrogens (tertiary/aromatic N) is 3. The number of benzene rings is 2. The molecule has 2 heterocycles. The largest absolute Gasteiger partial charge is 0.493 e. The summed E-state index contributed by atoms with van der Waals surface area (Å²) in [4.78, 5) is 53.7. The molecule has 5 rings (SSSR count). The molecule has 2 aliphatic rings. The van der Waals surface area contributed by atoms with Crippen molar-refractivity contribution in [3.05, 3.63) is 69.4 Å². The van der Waals surface area contributed by atoms with Crippen LogP contribution >= 0.6 is 11.6 Å². The van der Waals surface area contributed by atoms with Crippen molar-refractivity contribution in [3.8, 4) is 5.88 Å². The minimum Gasteiger partial charge on any atom is -0.493 e. The van der Waals surface area contributed by atoms with Crippen LogP contribution in [0.1, 0.15) is 63.1 Å². The lowest BCUT2D eigenvalue weighted by molar-refractivity contribution is -0.133. The number of aryl methyl sites for hydroxylation is 1. The second-order valence-corrected chi connectivity index (χ2v) is 15.2. The fraction of sp³-hybridized carbons (Fsp3) is 0.333. The third-order valence-electron chi connectivity index (χ3n) is 7.50. The van der Waals surface area contributed by atoms with E-state index in [2.05, 4.69) is 10.3 Å². The van der Waals surface area contributed by atoms with Gasteiger partial charge in [0.05, 0.1) is 26.7 Å². The van der Waals surface area contributed by atoms with Crippen molar-refractivity contribution in [2.45, 2.75) is 42.4 Å². The number of oxime groups is 1. The van der Waals surface area contributed by atoms with Gasteiger partial charge in [-0.15, -0.1) is 0 Å². The number of aromatic hydroxyl groups is 1. The first kappa shape index (κ1) is 34.7. The first-order valence-corrected chi connectivity index (χ1v) is 18.0. The van der Waals surface area contributed by atoms with Crippen molar-refractivity contribution >= 4 is 60.1 Å². The van der Waals surface area contributed by atoms with E-state index in [1.54, 1.807) is 6.92 Å². The molecular weight excluding hydrogens is 662 g/mol.